The molecular weight excluding hydrogens is 320 g/mol. The predicted molar refractivity (Wildman–Crippen MR) is 97.0 cm³/mol. The summed E-state index contributed by atoms with van der Waals surface area (Å²) in [5, 5.41) is 2.83. The molecule has 7 nitrogen and oxygen atoms in total. The fourth-order valence-corrected chi connectivity index (χ4v) is 3.61. The maximum absolute atomic E-state index is 12.7. The van der Waals surface area contributed by atoms with Gasteiger partial charge in [0.15, 0.2) is 0 Å². The summed E-state index contributed by atoms with van der Waals surface area (Å²) >= 11 is 0. The highest BCUT2D eigenvalue weighted by atomic mass is 16.5. The van der Waals surface area contributed by atoms with Crippen LogP contribution in [0.5, 0.6) is 0 Å². The third-order valence-corrected chi connectivity index (χ3v) is 5.13. The number of aryl methyl sites for hydroxylation is 2. The third-order valence-electron chi connectivity index (χ3n) is 5.13. The predicted octanol–water partition coefficient (Wildman–Crippen LogP) is 1.27. The lowest BCUT2D eigenvalue weighted by atomic mass is 9.97. The molecule has 0 bridgehead atoms. The second-order valence-electron chi connectivity index (χ2n) is 7.09. The first-order chi connectivity index (χ1) is 12.0. The Morgan fingerprint density at radius 3 is 2.84 bits per heavy atom. The van der Waals surface area contributed by atoms with Crippen molar-refractivity contribution in [1.29, 1.82) is 0 Å². The van der Waals surface area contributed by atoms with Gasteiger partial charge in [-0.3, -0.25) is 9.69 Å². The smallest absolute Gasteiger partial charge is 0.322 e. The molecule has 3 rings (SSSR count). The molecular formula is C18H28N4O3. The number of anilines is 1. The van der Waals surface area contributed by atoms with Crippen molar-refractivity contribution >= 4 is 11.7 Å². The zero-order valence-electron chi connectivity index (χ0n) is 15.2. The summed E-state index contributed by atoms with van der Waals surface area (Å²) in [5.74, 6) is 0.484. The molecule has 2 amide bonds. The maximum atomic E-state index is 12.7. The number of aromatic nitrogens is 1. The lowest BCUT2D eigenvalue weighted by molar-refractivity contribution is 0.0252. The van der Waals surface area contributed by atoms with Gasteiger partial charge in [-0.25, -0.2) is 4.79 Å². The summed E-state index contributed by atoms with van der Waals surface area (Å²) in [5.41, 5.74) is 0.999. The van der Waals surface area contributed by atoms with Crippen LogP contribution in [0.2, 0.25) is 0 Å². The van der Waals surface area contributed by atoms with Crippen LogP contribution in [0, 0.1) is 12.8 Å². The number of nitrogens with zero attached hydrogens (tertiary/aromatic N) is 3. The normalized spacial score (nSPS) is 22.0. The van der Waals surface area contributed by atoms with Gasteiger partial charge < -0.3 is 19.5 Å². The molecule has 0 aromatic carbocycles. The number of hydrogen-bond acceptors (Lipinski definition) is 4. The molecule has 1 N–H and O–H groups in total. The van der Waals surface area contributed by atoms with Crippen LogP contribution < -0.4 is 10.9 Å². The Hall–Kier alpha value is -1.86. The zero-order chi connectivity index (χ0) is 17.8. The maximum Gasteiger partial charge on any atom is 0.322 e. The van der Waals surface area contributed by atoms with Gasteiger partial charge in [0.1, 0.15) is 5.69 Å². The number of likely N-dealkylation sites (tertiary alicyclic amines) is 1. The van der Waals surface area contributed by atoms with Crippen LogP contribution in [0.1, 0.15) is 18.4 Å². The van der Waals surface area contributed by atoms with Crippen molar-refractivity contribution in [1.82, 2.24) is 14.4 Å². The van der Waals surface area contributed by atoms with Crippen LogP contribution in [-0.2, 0) is 11.8 Å². The minimum Gasteiger partial charge on any atom is -0.379 e. The fraction of sp³-hybridized carbons (Fsp3) is 0.667. The van der Waals surface area contributed by atoms with Gasteiger partial charge in [-0.2, -0.15) is 0 Å². The Labute approximate surface area is 148 Å². The standard InChI is InChI=1S/C18H28N4O3/c1-14-5-7-20(2)17(23)16(14)19-18(24)22-6-3-4-15(13-22)12-21-8-10-25-11-9-21/h5,7,15H,3-4,6,8-13H2,1-2H3,(H,19,24)/t15-/m0/s1. The molecule has 2 saturated heterocycles. The highest BCUT2D eigenvalue weighted by Gasteiger charge is 2.26. The second-order valence-corrected chi connectivity index (χ2v) is 7.09. The van der Waals surface area contributed by atoms with E-state index in [1.165, 1.54) is 4.57 Å². The number of ether oxygens (including phenoxy) is 1. The molecule has 0 spiro atoms. The monoisotopic (exact) mass is 348 g/mol. The van der Waals surface area contributed by atoms with Gasteiger partial charge in [0.25, 0.3) is 5.56 Å². The van der Waals surface area contributed by atoms with E-state index in [1.54, 1.807) is 13.2 Å². The summed E-state index contributed by atoms with van der Waals surface area (Å²) < 4.78 is 6.89. The van der Waals surface area contributed by atoms with Gasteiger partial charge in [0, 0.05) is 46.0 Å². The van der Waals surface area contributed by atoms with Crippen molar-refractivity contribution in [2.24, 2.45) is 13.0 Å². The molecule has 0 saturated carbocycles. The molecule has 25 heavy (non-hydrogen) atoms. The average Bonchev–Trinajstić information content (AvgIpc) is 2.63. The Balaban J connectivity index is 1.60. The molecule has 2 aliphatic rings. The fourth-order valence-electron chi connectivity index (χ4n) is 3.61. The van der Waals surface area contributed by atoms with E-state index in [9.17, 15) is 9.59 Å². The number of amides is 2. The van der Waals surface area contributed by atoms with Gasteiger partial charge in [0.05, 0.1) is 13.2 Å². The van der Waals surface area contributed by atoms with Crippen molar-refractivity contribution in [3.05, 3.63) is 28.2 Å². The number of rotatable bonds is 3. The number of carbonyl (C=O) groups is 1. The van der Waals surface area contributed by atoms with Gasteiger partial charge in [-0.1, -0.05) is 0 Å². The Morgan fingerprint density at radius 1 is 1.32 bits per heavy atom. The summed E-state index contributed by atoms with van der Waals surface area (Å²) in [6.07, 6.45) is 3.87. The summed E-state index contributed by atoms with van der Waals surface area (Å²) in [6.45, 7) is 7.89. The molecule has 1 aromatic rings. The van der Waals surface area contributed by atoms with Crippen molar-refractivity contribution in [2.75, 3.05) is 51.3 Å². The molecule has 1 aromatic heterocycles. The molecule has 2 aliphatic heterocycles. The molecule has 1 atom stereocenters. The van der Waals surface area contributed by atoms with E-state index in [-0.39, 0.29) is 11.6 Å². The van der Waals surface area contributed by atoms with E-state index >= 15 is 0 Å². The van der Waals surface area contributed by atoms with Crippen LogP contribution in [0.4, 0.5) is 10.5 Å². The quantitative estimate of drug-likeness (QED) is 0.893. The van der Waals surface area contributed by atoms with Crippen LogP contribution in [-0.4, -0.2) is 66.3 Å². The van der Waals surface area contributed by atoms with Crippen LogP contribution >= 0.6 is 0 Å². The summed E-state index contributed by atoms with van der Waals surface area (Å²) in [4.78, 5) is 29.2. The number of nitrogens with one attached hydrogen (secondary N) is 1. The number of carbonyl (C=O) groups excluding carboxylic acids is 1. The second kappa shape index (κ2) is 8.01. The Bertz CT molecular complexity index is 667. The Kier molecular flexibility index (Phi) is 5.75. The van der Waals surface area contributed by atoms with E-state index in [0.29, 0.717) is 11.6 Å². The molecule has 0 unspecified atom stereocenters. The van der Waals surface area contributed by atoms with Crippen molar-refractivity contribution in [3.63, 3.8) is 0 Å². The van der Waals surface area contributed by atoms with E-state index in [0.717, 1.165) is 64.3 Å². The average molecular weight is 348 g/mol. The number of morpholine rings is 1. The molecule has 2 fully saturated rings. The van der Waals surface area contributed by atoms with Gasteiger partial charge >= 0.3 is 6.03 Å². The highest BCUT2D eigenvalue weighted by Crippen LogP contribution is 2.19. The molecule has 7 heteroatoms. The largest absolute Gasteiger partial charge is 0.379 e. The Morgan fingerprint density at radius 2 is 2.08 bits per heavy atom. The van der Waals surface area contributed by atoms with Crippen molar-refractivity contribution in [2.45, 2.75) is 19.8 Å². The first-order valence-electron chi connectivity index (χ1n) is 9.07. The summed E-state index contributed by atoms with van der Waals surface area (Å²) in [7, 11) is 1.69. The number of hydrogen-bond donors (Lipinski definition) is 1. The minimum atomic E-state index is -0.171. The third kappa shape index (κ3) is 4.41. The van der Waals surface area contributed by atoms with Gasteiger partial charge in [-0.15, -0.1) is 0 Å². The van der Waals surface area contributed by atoms with Crippen LogP contribution in [0.3, 0.4) is 0 Å². The number of urea groups is 1. The zero-order valence-corrected chi connectivity index (χ0v) is 15.2. The first kappa shape index (κ1) is 17.9. The lowest BCUT2D eigenvalue weighted by Gasteiger charge is -2.36. The van der Waals surface area contributed by atoms with E-state index < -0.39 is 0 Å². The number of pyridine rings is 1. The number of piperidine rings is 1. The summed E-state index contributed by atoms with van der Waals surface area (Å²) in [6, 6.07) is 1.67. The van der Waals surface area contributed by atoms with Crippen molar-refractivity contribution in [3.8, 4) is 0 Å². The van der Waals surface area contributed by atoms with Gasteiger partial charge in [-0.05, 0) is 37.3 Å². The lowest BCUT2D eigenvalue weighted by Crippen LogP contribution is -2.47. The van der Waals surface area contributed by atoms with E-state index in [1.807, 2.05) is 17.9 Å². The topological polar surface area (TPSA) is 66.8 Å². The van der Waals surface area contributed by atoms with Gasteiger partial charge in [0.2, 0.25) is 0 Å². The van der Waals surface area contributed by atoms with Crippen LogP contribution in [0.15, 0.2) is 17.1 Å². The highest BCUT2D eigenvalue weighted by molar-refractivity contribution is 5.89. The minimum absolute atomic E-state index is 0.168. The molecule has 0 aliphatic carbocycles. The molecule has 0 radical (unpaired) electrons. The molecule has 3 heterocycles. The molecule has 138 valence electrons. The van der Waals surface area contributed by atoms with Crippen LogP contribution in [0.25, 0.3) is 0 Å². The van der Waals surface area contributed by atoms with E-state index in [4.69, 9.17) is 4.74 Å². The van der Waals surface area contributed by atoms with Crippen molar-refractivity contribution < 1.29 is 9.53 Å². The first-order valence-corrected chi connectivity index (χ1v) is 9.07. The SMILES string of the molecule is Cc1ccn(C)c(=O)c1NC(=O)N1CCC[C@@H](CN2CCOCC2)C1. The van der Waals surface area contributed by atoms with E-state index in [2.05, 4.69) is 10.2 Å².